The first kappa shape index (κ1) is 13.3. The Hall–Kier alpha value is -0.810. The quantitative estimate of drug-likeness (QED) is 0.714. The third-order valence-corrected chi connectivity index (χ3v) is 2.57. The molecule has 0 spiro atoms. The normalized spacial score (nSPS) is 26.3. The number of ether oxygens (including phenoxy) is 1. The van der Waals surface area contributed by atoms with E-state index in [0.29, 0.717) is 13.1 Å². The second-order valence-corrected chi connectivity index (χ2v) is 5.48. The Balaban J connectivity index is 2.55. The minimum Gasteiger partial charge on any atom is -0.444 e. The minimum atomic E-state index is -0.498. The predicted molar refractivity (Wildman–Crippen MR) is 61.3 cm³/mol. The molecular formula is C11H22N2O3. The van der Waals surface area contributed by atoms with Gasteiger partial charge in [0.05, 0.1) is 18.7 Å². The van der Waals surface area contributed by atoms with Crippen LogP contribution in [0.3, 0.4) is 0 Å². The predicted octanol–water partition coefficient (Wildman–Crippen LogP) is 0.528. The highest BCUT2D eigenvalue weighted by atomic mass is 16.6. The molecule has 94 valence electrons. The van der Waals surface area contributed by atoms with Gasteiger partial charge in [0.1, 0.15) is 5.60 Å². The fraction of sp³-hybridized carbons (Fsp3) is 0.909. The molecule has 0 aromatic carbocycles. The number of β-amino-alcohol motifs (C(OH)–C–C–N with tert-alkyl or cyclic N) is 1. The standard InChI is InChI=1S/C11H22N2O3/c1-11(2,3)16-10(15)13-6-8(12(4)5)9(14)7-13/h8-9,14H,6-7H2,1-5H3/t8?,9-/m1/s1. The van der Waals surface area contributed by atoms with Crippen LogP contribution >= 0.6 is 0 Å². The zero-order valence-corrected chi connectivity index (χ0v) is 10.7. The molecule has 5 nitrogen and oxygen atoms in total. The van der Waals surface area contributed by atoms with Crippen LogP contribution in [-0.4, -0.2) is 65.9 Å². The number of aliphatic hydroxyl groups is 1. The van der Waals surface area contributed by atoms with Gasteiger partial charge in [-0.1, -0.05) is 0 Å². The number of carbonyl (C=O) groups is 1. The second kappa shape index (κ2) is 4.59. The molecule has 2 atom stereocenters. The second-order valence-electron chi connectivity index (χ2n) is 5.48. The highest BCUT2D eigenvalue weighted by molar-refractivity contribution is 5.68. The van der Waals surface area contributed by atoms with Crippen LogP contribution in [0.15, 0.2) is 0 Å². The summed E-state index contributed by atoms with van der Waals surface area (Å²) in [4.78, 5) is 15.2. The van der Waals surface area contributed by atoms with Crippen LogP contribution in [0.2, 0.25) is 0 Å². The SMILES string of the molecule is CN(C)C1CN(C(=O)OC(C)(C)C)C[C@H]1O. The van der Waals surface area contributed by atoms with E-state index in [4.69, 9.17) is 4.74 Å². The highest BCUT2D eigenvalue weighted by Crippen LogP contribution is 2.17. The monoisotopic (exact) mass is 230 g/mol. The number of aliphatic hydroxyl groups excluding tert-OH is 1. The molecule has 0 saturated carbocycles. The molecule has 1 heterocycles. The molecule has 0 aromatic rings. The average Bonchev–Trinajstić information content (AvgIpc) is 2.44. The summed E-state index contributed by atoms with van der Waals surface area (Å²) in [5.74, 6) is 0. The molecule has 1 saturated heterocycles. The summed E-state index contributed by atoms with van der Waals surface area (Å²) in [5.41, 5.74) is -0.488. The van der Waals surface area contributed by atoms with E-state index in [2.05, 4.69) is 0 Å². The van der Waals surface area contributed by atoms with Gasteiger partial charge in [-0.2, -0.15) is 0 Å². The average molecular weight is 230 g/mol. The molecule has 0 radical (unpaired) electrons. The van der Waals surface area contributed by atoms with E-state index in [0.717, 1.165) is 0 Å². The van der Waals surface area contributed by atoms with E-state index in [9.17, 15) is 9.90 Å². The molecule has 1 N–H and O–H groups in total. The topological polar surface area (TPSA) is 53.0 Å². The first-order valence-corrected chi connectivity index (χ1v) is 5.53. The van der Waals surface area contributed by atoms with Crippen molar-refractivity contribution in [3.05, 3.63) is 0 Å². The van der Waals surface area contributed by atoms with Crippen molar-refractivity contribution >= 4 is 6.09 Å². The zero-order valence-electron chi connectivity index (χ0n) is 10.7. The summed E-state index contributed by atoms with van der Waals surface area (Å²) in [6.07, 6.45) is -0.849. The number of hydrogen-bond donors (Lipinski definition) is 1. The van der Waals surface area contributed by atoms with Crippen molar-refractivity contribution in [1.82, 2.24) is 9.80 Å². The van der Waals surface area contributed by atoms with E-state index in [1.165, 1.54) is 0 Å². The van der Waals surface area contributed by atoms with Crippen molar-refractivity contribution in [3.63, 3.8) is 0 Å². The molecule has 1 unspecified atom stereocenters. The van der Waals surface area contributed by atoms with Crippen molar-refractivity contribution in [2.24, 2.45) is 0 Å². The number of likely N-dealkylation sites (N-methyl/N-ethyl adjacent to an activating group) is 1. The summed E-state index contributed by atoms with van der Waals surface area (Å²) in [6.45, 7) is 6.36. The summed E-state index contributed by atoms with van der Waals surface area (Å²) in [5, 5.41) is 9.79. The Kier molecular flexibility index (Phi) is 3.80. The third kappa shape index (κ3) is 3.35. The van der Waals surface area contributed by atoms with Gasteiger partial charge in [0, 0.05) is 6.54 Å². The Morgan fingerprint density at radius 1 is 1.38 bits per heavy atom. The molecular weight excluding hydrogens is 208 g/mol. The van der Waals surface area contributed by atoms with Gasteiger partial charge in [0.15, 0.2) is 0 Å². The molecule has 0 bridgehead atoms. The minimum absolute atomic E-state index is 0.00693. The first-order chi connectivity index (χ1) is 7.20. The molecule has 0 aliphatic carbocycles. The number of carbonyl (C=O) groups excluding carboxylic acids is 1. The summed E-state index contributed by atoms with van der Waals surface area (Å²) in [7, 11) is 3.79. The molecule has 1 rings (SSSR count). The number of hydrogen-bond acceptors (Lipinski definition) is 4. The molecule has 5 heteroatoms. The van der Waals surface area contributed by atoms with Crippen LogP contribution in [-0.2, 0) is 4.74 Å². The first-order valence-electron chi connectivity index (χ1n) is 5.53. The Morgan fingerprint density at radius 3 is 2.31 bits per heavy atom. The van der Waals surface area contributed by atoms with E-state index in [-0.39, 0.29) is 12.1 Å². The maximum Gasteiger partial charge on any atom is 0.410 e. The van der Waals surface area contributed by atoms with Gasteiger partial charge in [-0.25, -0.2) is 4.79 Å². The highest BCUT2D eigenvalue weighted by Gasteiger charge is 2.36. The van der Waals surface area contributed by atoms with Crippen molar-refractivity contribution < 1.29 is 14.6 Å². The maximum absolute atomic E-state index is 11.7. The van der Waals surface area contributed by atoms with Crippen molar-refractivity contribution in [2.45, 2.75) is 38.5 Å². The van der Waals surface area contributed by atoms with Crippen LogP contribution in [0.25, 0.3) is 0 Å². The van der Waals surface area contributed by atoms with Gasteiger partial charge in [-0.15, -0.1) is 0 Å². The van der Waals surface area contributed by atoms with Crippen molar-refractivity contribution in [2.75, 3.05) is 27.2 Å². The van der Waals surface area contributed by atoms with Gasteiger partial charge in [-0.3, -0.25) is 0 Å². The van der Waals surface area contributed by atoms with E-state index >= 15 is 0 Å². The van der Waals surface area contributed by atoms with Crippen LogP contribution in [0, 0.1) is 0 Å². The summed E-state index contributed by atoms with van der Waals surface area (Å²) in [6, 6.07) is -0.00693. The largest absolute Gasteiger partial charge is 0.444 e. The zero-order chi connectivity index (χ0) is 12.5. The van der Waals surface area contributed by atoms with Gasteiger partial charge in [-0.05, 0) is 34.9 Å². The fourth-order valence-corrected chi connectivity index (χ4v) is 1.75. The van der Waals surface area contributed by atoms with Gasteiger partial charge in [0.2, 0.25) is 0 Å². The lowest BCUT2D eigenvalue weighted by atomic mass is 10.2. The lowest BCUT2D eigenvalue weighted by Gasteiger charge is -2.25. The molecule has 1 aliphatic heterocycles. The number of nitrogens with zero attached hydrogens (tertiary/aromatic N) is 2. The Bertz CT molecular complexity index is 260. The van der Waals surface area contributed by atoms with E-state index < -0.39 is 11.7 Å². The van der Waals surface area contributed by atoms with Gasteiger partial charge in [0.25, 0.3) is 0 Å². The molecule has 1 aliphatic rings. The maximum atomic E-state index is 11.7. The van der Waals surface area contributed by atoms with Crippen LogP contribution < -0.4 is 0 Å². The Labute approximate surface area is 97.0 Å². The van der Waals surface area contributed by atoms with Crippen molar-refractivity contribution in [3.8, 4) is 0 Å². The van der Waals surface area contributed by atoms with Crippen LogP contribution in [0.5, 0.6) is 0 Å². The summed E-state index contributed by atoms with van der Waals surface area (Å²) < 4.78 is 5.26. The number of amides is 1. The smallest absolute Gasteiger partial charge is 0.410 e. The van der Waals surface area contributed by atoms with Crippen LogP contribution in [0.4, 0.5) is 4.79 Å². The lowest BCUT2D eigenvalue weighted by molar-refractivity contribution is 0.0269. The molecule has 0 aromatic heterocycles. The van der Waals surface area contributed by atoms with Crippen molar-refractivity contribution in [1.29, 1.82) is 0 Å². The molecule has 16 heavy (non-hydrogen) atoms. The molecule has 1 amide bonds. The Morgan fingerprint density at radius 2 is 1.94 bits per heavy atom. The van der Waals surface area contributed by atoms with Crippen LogP contribution in [0.1, 0.15) is 20.8 Å². The lowest BCUT2D eigenvalue weighted by Crippen LogP contribution is -2.39. The van der Waals surface area contributed by atoms with Gasteiger partial charge >= 0.3 is 6.09 Å². The fourth-order valence-electron chi connectivity index (χ4n) is 1.75. The molecule has 1 fully saturated rings. The third-order valence-electron chi connectivity index (χ3n) is 2.57. The number of rotatable bonds is 1. The number of likely N-dealkylation sites (tertiary alicyclic amines) is 1. The van der Waals surface area contributed by atoms with Gasteiger partial charge < -0.3 is 19.6 Å². The van der Waals surface area contributed by atoms with E-state index in [1.54, 1.807) is 4.90 Å². The summed E-state index contributed by atoms with van der Waals surface area (Å²) >= 11 is 0. The van der Waals surface area contributed by atoms with E-state index in [1.807, 2.05) is 39.8 Å².